The van der Waals surface area contributed by atoms with Crippen LogP contribution in [0.1, 0.15) is 27.9 Å². The zero-order valence-corrected chi connectivity index (χ0v) is 13.6. The van der Waals surface area contributed by atoms with E-state index in [4.69, 9.17) is 0 Å². The van der Waals surface area contributed by atoms with Gasteiger partial charge in [0.2, 0.25) is 5.91 Å². The highest BCUT2D eigenvalue weighted by atomic mass is 79.9. The van der Waals surface area contributed by atoms with E-state index in [1.807, 2.05) is 13.1 Å². The van der Waals surface area contributed by atoms with Crippen molar-refractivity contribution in [3.63, 3.8) is 0 Å². The Bertz CT molecular complexity index is 654. The van der Waals surface area contributed by atoms with Gasteiger partial charge >= 0.3 is 0 Å². The number of benzene rings is 2. The molecular formula is C18H18BrNO. The van der Waals surface area contributed by atoms with E-state index in [0.717, 1.165) is 18.5 Å². The Morgan fingerprint density at radius 3 is 2.67 bits per heavy atom. The van der Waals surface area contributed by atoms with Crippen LogP contribution in [-0.2, 0) is 17.6 Å². The topological polar surface area (TPSA) is 20.3 Å². The Morgan fingerprint density at radius 1 is 1.14 bits per heavy atom. The lowest BCUT2D eigenvalue weighted by Gasteiger charge is -2.26. The number of nitrogens with zero attached hydrogens (tertiary/aromatic N) is 1. The standard InChI is InChI=1S/C18H18BrNO/c1-20-17-9-7-14(12-15(17)8-10-18(20)21)16(19)11-13-5-3-2-4-6-13/h2-7,9,12,16H,8,10-11H2,1H3. The fourth-order valence-electron chi connectivity index (χ4n) is 2.81. The predicted octanol–water partition coefficient (Wildman–Crippen LogP) is 4.27. The molecule has 0 fully saturated rings. The number of amides is 1. The summed E-state index contributed by atoms with van der Waals surface area (Å²) in [6.07, 6.45) is 2.42. The normalized spacial score (nSPS) is 15.7. The third kappa shape index (κ3) is 3.03. The molecule has 0 saturated carbocycles. The second-order valence-corrected chi connectivity index (χ2v) is 6.60. The van der Waals surface area contributed by atoms with Crippen molar-refractivity contribution in [3.05, 3.63) is 65.2 Å². The molecule has 1 atom stereocenters. The van der Waals surface area contributed by atoms with Gasteiger partial charge in [-0.25, -0.2) is 0 Å². The second-order valence-electron chi connectivity index (χ2n) is 5.50. The Morgan fingerprint density at radius 2 is 1.90 bits per heavy atom. The number of aryl methyl sites for hydroxylation is 1. The molecule has 3 heteroatoms. The molecule has 0 aliphatic carbocycles. The monoisotopic (exact) mass is 343 g/mol. The number of carbonyl (C=O) groups is 1. The summed E-state index contributed by atoms with van der Waals surface area (Å²) < 4.78 is 0. The molecule has 21 heavy (non-hydrogen) atoms. The Hall–Kier alpha value is -1.61. The molecule has 3 rings (SSSR count). The fraction of sp³-hybridized carbons (Fsp3) is 0.278. The molecule has 2 aromatic rings. The maximum atomic E-state index is 11.7. The van der Waals surface area contributed by atoms with Crippen LogP contribution in [0.4, 0.5) is 5.69 Å². The van der Waals surface area contributed by atoms with Gasteiger partial charge in [0.25, 0.3) is 0 Å². The minimum Gasteiger partial charge on any atom is -0.315 e. The van der Waals surface area contributed by atoms with E-state index in [2.05, 4.69) is 58.4 Å². The molecule has 0 N–H and O–H groups in total. The van der Waals surface area contributed by atoms with Crippen LogP contribution in [0.25, 0.3) is 0 Å². The molecule has 108 valence electrons. The second kappa shape index (κ2) is 6.02. The maximum absolute atomic E-state index is 11.7. The van der Waals surface area contributed by atoms with Crippen LogP contribution in [0, 0.1) is 0 Å². The van der Waals surface area contributed by atoms with Gasteiger partial charge < -0.3 is 4.90 Å². The minimum absolute atomic E-state index is 0.204. The van der Waals surface area contributed by atoms with Crippen molar-refractivity contribution < 1.29 is 4.79 Å². The number of rotatable bonds is 3. The molecule has 0 saturated heterocycles. The van der Waals surface area contributed by atoms with Crippen LogP contribution < -0.4 is 4.90 Å². The maximum Gasteiger partial charge on any atom is 0.227 e. The van der Waals surface area contributed by atoms with E-state index >= 15 is 0 Å². The Kier molecular flexibility index (Phi) is 4.11. The van der Waals surface area contributed by atoms with Crippen molar-refractivity contribution >= 4 is 27.5 Å². The number of halogens is 1. The van der Waals surface area contributed by atoms with Gasteiger partial charge in [-0.05, 0) is 35.6 Å². The van der Waals surface area contributed by atoms with Crippen LogP contribution in [-0.4, -0.2) is 13.0 Å². The van der Waals surface area contributed by atoms with Crippen molar-refractivity contribution in [1.29, 1.82) is 0 Å². The van der Waals surface area contributed by atoms with Gasteiger partial charge in [-0.1, -0.05) is 58.4 Å². The number of hydrogen-bond acceptors (Lipinski definition) is 1. The first kappa shape index (κ1) is 14.3. The van der Waals surface area contributed by atoms with E-state index in [1.54, 1.807) is 4.90 Å². The molecular weight excluding hydrogens is 326 g/mol. The molecule has 0 aromatic heterocycles. The van der Waals surface area contributed by atoms with E-state index in [-0.39, 0.29) is 5.91 Å². The Balaban J connectivity index is 1.82. The van der Waals surface area contributed by atoms with Gasteiger partial charge in [-0.3, -0.25) is 4.79 Å². The highest BCUT2D eigenvalue weighted by molar-refractivity contribution is 9.09. The lowest BCUT2D eigenvalue weighted by molar-refractivity contribution is -0.118. The van der Waals surface area contributed by atoms with Gasteiger partial charge in [0.15, 0.2) is 0 Å². The average molecular weight is 344 g/mol. The van der Waals surface area contributed by atoms with Crippen LogP contribution in [0.15, 0.2) is 48.5 Å². The summed E-state index contributed by atoms with van der Waals surface area (Å²) in [5.74, 6) is 0.204. The zero-order chi connectivity index (χ0) is 14.8. The van der Waals surface area contributed by atoms with Crippen LogP contribution >= 0.6 is 15.9 Å². The van der Waals surface area contributed by atoms with Crippen molar-refractivity contribution in [2.24, 2.45) is 0 Å². The largest absolute Gasteiger partial charge is 0.315 e. The summed E-state index contributed by atoms with van der Waals surface area (Å²) in [4.78, 5) is 13.8. The minimum atomic E-state index is 0.204. The molecule has 1 aliphatic rings. The highest BCUT2D eigenvalue weighted by Gasteiger charge is 2.21. The average Bonchev–Trinajstić information content (AvgIpc) is 2.51. The van der Waals surface area contributed by atoms with Crippen LogP contribution in [0.5, 0.6) is 0 Å². The summed E-state index contributed by atoms with van der Waals surface area (Å²) in [6.45, 7) is 0. The lowest BCUT2D eigenvalue weighted by Crippen LogP contribution is -2.31. The van der Waals surface area contributed by atoms with Crippen LogP contribution in [0.2, 0.25) is 0 Å². The summed E-state index contributed by atoms with van der Waals surface area (Å²) >= 11 is 3.80. The van der Waals surface area contributed by atoms with Crippen LogP contribution in [0.3, 0.4) is 0 Å². The SMILES string of the molecule is CN1C(=O)CCc2cc(C(Br)Cc3ccccc3)ccc21. The zero-order valence-electron chi connectivity index (χ0n) is 12.1. The van der Waals surface area contributed by atoms with Gasteiger partial charge in [-0.2, -0.15) is 0 Å². The van der Waals surface area contributed by atoms with E-state index in [0.29, 0.717) is 11.2 Å². The number of fused-ring (bicyclic) bond motifs is 1. The third-order valence-electron chi connectivity index (χ3n) is 4.07. The predicted molar refractivity (Wildman–Crippen MR) is 90.0 cm³/mol. The summed E-state index contributed by atoms with van der Waals surface area (Å²) in [7, 11) is 1.86. The number of hydrogen-bond donors (Lipinski definition) is 0. The first-order chi connectivity index (χ1) is 10.1. The van der Waals surface area contributed by atoms with Crippen molar-refractivity contribution in [3.8, 4) is 0 Å². The number of alkyl halides is 1. The smallest absolute Gasteiger partial charge is 0.227 e. The van der Waals surface area contributed by atoms with E-state index < -0.39 is 0 Å². The molecule has 1 unspecified atom stereocenters. The highest BCUT2D eigenvalue weighted by Crippen LogP contribution is 2.33. The van der Waals surface area contributed by atoms with Gasteiger partial charge in [-0.15, -0.1) is 0 Å². The van der Waals surface area contributed by atoms with E-state index in [9.17, 15) is 4.79 Å². The van der Waals surface area contributed by atoms with Crippen molar-refractivity contribution in [2.75, 3.05) is 11.9 Å². The molecule has 0 bridgehead atoms. The molecule has 0 spiro atoms. The summed E-state index contributed by atoms with van der Waals surface area (Å²) in [5.41, 5.74) is 4.92. The molecule has 1 heterocycles. The van der Waals surface area contributed by atoms with Gasteiger partial charge in [0, 0.05) is 24.0 Å². The first-order valence-corrected chi connectivity index (χ1v) is 8.14. The summed E-state index contributed by atoms with van der Waals surface area (Å²) in [6, 6.07) is 16.9. The van der Waals surface area contributed by atoms with Crippen molar-refractivity contribution in [1.82, 2.24) is 0 Å². The van der Waals surface area contributed by atoms with Gasteiger partial charge in [0.05, 0.1) is 0 Å². The van der Waals surface area contributed by atoms with Gasteiger partial charge in [0.1, 0.15) is 0 Å². The third-order valence-corrected chi connectivity index (χ3v) is 4.92. The molecule has 2 aromatic carbocycles. The molecule has 1 aliphatic heterocycles. The quantitative estimate of drug-likeness (QED) is 0.762. The number of carbonyl (C=O) groups excluding carboxylic acids is 1. The van der Waals surface area contributed by atoms with Crippen molar-refractivity contribution in [2.45, 2.75) is 24.1 Å². The Labute approximate surface area is 133 Å². The molecule has 2 nitrogen and oxygen atoms in total. The molecule has 0 radical (unpaired) electrons. The fourth-order valence-corrected chi connectivity index (χ4v) is 3.47. The first-order valence-electron chi connectivity index (χ1n) is 7.22. The number of anilines is 1. The molecule has 1 amide bonds. The lowest BCUT2D eigenvalue weighted by atomic mass is 9.96. The van der Waals surface area contributed by atoms with E-state index in [1.165, 1.54) is 16.7 Å². The summed E-state index contributed by atoms with van der Waals surface area (Å²) in [5, 5.41) is 0.